The first-order chi connectivity index (χ1) is 7.59. The summed E-state index contributed by atoms with van der Waals surface area (Å²) in [6.45, 7) is 3.63. The van der Waals surface area contributed by atoms with Crippen molar-refractivity contribution in [1.29, 1.82) is 0 Å². The molecular formula is C10H10ClN3O2. The smallest absolute Gasteiger partial charge is 0.260 e. The number of halogens is 1. The molecule has 0 unspecified atom stereocenters. The van der Waals surface area contributed by atoms with Gasteiger partial charge in [-0.25, -0.2) is 0 Å². The van der Waals surface area contributed by atoms with Gasteiger partial charge in [-0.05, 0) is 31.5 Å². The third kappa shape index (κ3) is 1.81. The first kappa shape index (κ1) is 10.8. The second-order valence-corrected chi connectivity index (χ2v) is 3.71. The molecule has 0 aromatic carbocycles. The van der Waals surface area contributed by atoms with Gasteiger partial charge >= 0.3 is 0 Å². The summed E-state index contributed by atoms with van der Waals surface area (Å²) < 4.78 is 4.85. The molecule has 2 heterocycles. The summed E-state index contributed by atoms with van der Waals surface area (Å²) in [6.07, 6.45) is 1.37. The summed E-state index contributed by atoms with van der Waals surface area (Å²) in [5.41, 5.74) is 2.50. The van der Waals surface area contributed by atoms with Gasteiger partial charge in [0.15, 0.2) is 0 Å². The quantitative estimate of drug-likeness (QED) is 0.846. The molecule has 0 aliphatic rings. The number of H-pyrrole nitrogens is 1. The highest BCUT2D eigenvalue weighted by atomic mass is 35.5. The normalized spacial score (nSPS) is 10.4. The second-order valence-electron chi connectivity index (χ2n) is 3.37. The molecule has 0 bridgehead atoms. The first-order valence-corrected chi connectivity index (χ1v) is 5.03. The molecule has 5 nitrogen and oxygen atoms in total. The maximum Gasteiger partial charge on any atom is 0.260 e. The Morgan fingerprint density at radius 1 is 1.56 bits per heavy atom. The van der Waals surface area contributed by atoms with E-state index in [-0.39, 0.29) is 11.1 Å². The van der Waals surface area contributed by atoms with Crippen LogP contribution in [-0.4, -0.2) is 16.1 Å². The molecule has 0 fully saturated rings. The lowest BCUT2D eigenvalue weighted by molar-refractivity contribution is 0.102. The average Bonchev–Trinajstić information content (AvgIpc) is 2.79. The molecule has 84 valence electrons. The van der Waals surface area contributed by atoms with Crippen molar-refractivity contribution in [3.63, 3.8) is 0 Å². The highest BCUT2D eigenvalue weighted by molar-refractivity contribution is 6.32. The lowest BCUT2D eigenvalue weighted by Crippen LogP contribution is -2.12. The number of rotatable bonds is 2. The lowest BCUT2D eigenvalue weighted by Gasteiger charge is -2.03. The fourth-order valence-electron chi connectivity index (χ4n) is 1.37. The molecule has 2 aromatic rings. The van der Waals surface area contributed by atoms with E-state index in [4.69, 9.17) is 16.0 Å². The number of anilines is 1. The molecule has 0 saturated carbocycles. The van der Waals surface area contributed by atoms with E-state index in [1.165, 1.54) is 12.3 Å². The van der Waals surface area contributed by atoms with Gasteiger partial charge in [-0.2, -0.15) is 5.10 Å². The van der Waals surface area contributed by atoms with Crippen LogP contribution in [0.3, 0.4) is 0 Å². The predicted molar refractivity (Wildman–Crippen MR) is 59.7 cm³/mol. The Morgan fingerprint density at radius 3 is 2.81 bits per heavy atom. The van der Waals surface area contributed by atoms with E-state index in [1.54, 1.807) is 6.92 Å². The van der Waals surface area contributed by atoms with Crippen molar-refractivity contribution >= 4 is 23.2 Å². The number of nitrogens with zero attached hydrogens (tertiary/aromatic N) is 1. The topological polar surface area (TPSA) is 70.9 Å². The molecule has 2 aromatic heterocycles. The van der Waals surface area contributed by atoms with Crippen molar-refractivity contribution in [2.24, 2.45) is 0 Å². The van der Waals surface area contributed by atoms with Crippen molar-refractivity contribution in [1.82, 2.24) is 10.2 Å². The average molecular weight is 240 g/mol. The summed E-state index contributed by atoms with van der Waals surface area (Å²) in [5.74, 6) is -0.314. The Hall–Kier alpha value is -1.75. The van der Waals surface area contributed by atoms with Crippen LogP contribution < -0.4 is 5.32 Å². The van der Waals surface area contributed by atoms with E-state index in [1.807, 2.05) is 6.92 Å². The van der Waals surface area contributed by atoms with Crippen LogP contribution in [0.5, 0.6) is 0 Å². The second kappa shape index (κ2) is 4.02. The van der Waals surface area contributed by atoms with E-state index < -0.39 is 0 Å². The Balaban J connectivity index is 2.24. The van der Waals surface area contributed by atoms with Gasteiger partial charge in [0.2, 0.25) is 5.22 Å². The van der Waals surface area contributed by atoms with Crippen molar-refractivity contribution < 1.29 is 9.21 Å². The minimum absolute atomic E-state index is 0.0799. The molecule has 2 rings (SSSR count). The van der Waals surface area contributed by atoms with Gasteiger partial charge in [-0.1, -0.05) is 0 Å². The van der Waals surface area contributed by atoms with Gasteiger partial charge < -0.3 is 9.73 Å². The fourth-order valence-corrected chi connectivity index (χ4v) is 1.57. The van der Waals surface area contributed by atoms with Crippen LogP contribution >= 0.6 is 11.6 Å². The number of hydrogen-bond acceptors (Lipinski definition) is 3. The minimum atomic E-state index is -0.314. The molecule has 0 saturated heterocycles. The Kier molecular flexibility index (Phi) is 2.70. The molecule has 16 heavy (non-hydrogen) atoms. The maximum absolute atomic E-state index is 11.8. The number of aryl methyl sites for hydroxylation is 2. The number of furan rings is 1. The number of carbonyl (C=O) groups is 1. The summed E-state index contributed by atoms with van der Waals surface area (Å²) in [4.78, 5) is 11.8. The zero-order valence-corrected chi connectivity index (χ0v) is 9.55. The molecule has 1 amide bonds. The zero-order valence-electron chi connectivity index (χ0n) is 8.80. The van der Waals surface area contributed by atoms with Crippen molar-refractivity contribution in [2.75, 3.05) is 5.32 Å². The Bertz CT molecular complexity index is 510. The standard InChI is InChI=1S/C10H10ClN3O2/c1-5-8(6(2)14-13-5)12-10(15)7-3-4-16-9(7)11/h3-4H,1-2H3,(H,12,15)(H,13,14). The van der Waals surface area contributed by atoms with Crippen LogP contribution in [-0.2, 0) is 0 Å². The predicted octanol–water partition coefficient (Wildman–Crippen LogP) is 2.53. The SMILES string of the molecule is Cc1n[nH]c(C)c1NC(=O)c1ccoc1Cl. The van der Waals surface area contributed by atoms with Gasteiger partial charge in [0.1, 0.15) is 0 Å². The number of nitrogens with one attached hydrogen (secondary N) is 2. The van der Waals surface area contributed by atoms with Gasteiger partial charge in [-0.15, -0.1) is 0 Å². The van der Waals surface area contributed by atoms with Gasteiger partial charge in [0.25, 0.3) is 5.91 Å². The fraction of sp³-hybridized carbons (Fsp3) is 0.200. The largest absolute Gasteiger partial charge is 0.452 e. The zero-order chi connectivity index (χ0) is 11.7. The number of carbonyl (C=O) groups excluding carboxylic acids is 1. The molecule has 2 N–H and O–H groups in total. The maximum atomic E-state index is 11.8. The first-order valence-electron chi connectivity index (χ1n) is 4.65. The number of aromatic amines is 1. The molecular weight excluding hydrogens is 230 g/mol. The van der Waals surface area contributed by atoms with Gasteiger partial charge in [-0.3, -0.25) is 9.89 Å². The third-order valence-corrected chi connectivity index (χ3v) is 2.52. The van der Waals surface area contributed by atoms with Crippen LogP contribution in [0.1, 0.15) is 21.7 Å². The number of hydrogen-bond donors (Lipinski definition) is 2. The van der Waals surface area contributed by atoms with Crippen LogP contribution in [0.2, 0.25) is 5.22 Å². The molecule has 0 radical (unpaired) electrons. The van der Waals surface area contributed by atoms with Crippen LogP contribution in [0.25, 0.3) is 0 Å². The number of amides is 1. The van der Waals surface area contributed by atoms with Crippen molar-refractivity contribution in [2.45, 2.75) is 13.8 Å². The van der Waals surface area contributed by atoms with Crippen molar-refractivity contribution in [3.05, 3.63) is 34.5 Å². The highest BCUT2D eigenvalue weighted by Gasteiger charge is 2.16. The van der Waals surface area contributed by atoms with Crippen molar-refractivity contribution in [3.8, 4) is 0 Å². The Morgan fingerprint density at radius 2 is 2.31 bits per heavy atom. The summed E-state index contributed by atoms with van der Waals surface area (Å²) in [6, 6.07) is 1.52. The highest BCUT2D eigenvalue weighted by Crippen LogP contribution is 2.21. The van der Waals surface area contributed by atoms with E-state index in [9.17, 15) is 4.79 Å². The third-order valence-electron chi connectivity index (χ3n) is 2.23. The van der Waals surface area contributed by atoms with Crippen LogP contribution in [0.4, 0.5) is 5.69 Å². The van der Waals surface area contributed by atoms with E-state index in [2.05, 4.69) is 15.5 Å². The summed E-state index contributed by atoms with van der Waals surface area (Å²) in [7, 11) is 0. The Labute approximate surface area is 96.8 Å². The lowest BCUT2D eigenvalue weighted by atomic mass is 10.2. The molecule has 0 spiro atoms. The molecule has 0 aliphatic carbocycles. The molecule has 6 heteroatoms. The van der Waals surface area contributed by atoms with E-state index in [0.717, 1.165) is 11.4 Å². The van der Waals surface area contributed by atoms with E-state index in [0.29, 0.717) is 11.3 Å². The summed E-state index contributed by atoms with van der Waals surface area (Å²) in [5, 5.41) is 9.56. The van der Waals surface area contributed by atoms with Crippen LogP contribution in [0, 0.1) is 13.8 Å². The molecule has 0 aliphatic heterocycles. The van der Waals surface area contributed by atoms with Gasteiger partial charge in [0.05, 0.1) is 28.9 Å². The van der Waals surface area contributed by atoms with Crippen LogP contribution in [0.15, 0.2) is 16.7 Å². The van der Waals surface area contributed by atoms with E-state index >= 15 is 0 Å². The number of aromatic nitrogens is 2. The monoisotopic (exact) mass is 239 g/mol. The molecule has 0 atom stereocenters. The minimum Gasteiger partial charge on any atom is -0.452 e. The summed E-state index contributed by atoms with van der Waals surface area (Å²) >= 11 is 5.70. The van der Waals surface area contributed by atoms with Gasteiger partial charge in [0, 0.05) is 0 Å².